The van der Waals surface area contributed by atoms with Crippen molar-refractivity contribution in [2.75, 3.05) is 12.8 Å². The Morgan fingerprint density at radius 1 is 1.39 bits per heavy atom. The number of hydrogen-bond acceptors (Lipinski definition) is 6. The maximum atomic E-state index is 12.2. The smallest absolute Gasteiger partial charge is 0.256 e. The highest BCUT2D eigenvalue weighted by Crippen LogP contribution is 2.17. The van der Waals surface area contributed by atoms with Gasteiger partial charge in [-0.2, -0.15) is 5.10 Å². The van der Waals surface area contributed by atoms with E-state index in [0.717, 1.165) is 17.6 Å². The second-order valence-electron chi connectivity index (χ2n) is 5.93. The van der Waals surface area contributed by atoms with Gasteiger partial charge in [0.05, 0.1) is 17.0 Å². The van der Waals surface area contributed by atoms with E-state index in [1.165, 1.54) is 0 Å². The van der Waals surface area contributed by atoms with Crippen LogP contribution in [0.4, 0.5) is 0 Å². The molecule has 0 aliphatic carbocycles. The molecule has 1 aliphatic heterocycles. The number of fused-ring (bicyclic) bond motifs is 1. The third kappa shape index (κ3) is 3.20. The molecular formula is C14H19N5O3S. The van der Waals surface area contributed by atoms with E-state index in [1.807, 2.05) is 24.7 Å². The molecule has 0 unspecified atom stereocenters. The predicted octanol–water partition coefficient (Wildman–Crippen LogP) is -0.226. The summed E-state index contributed by atoms with van der Waals surface area (Å²) in [6.45, 7) is 3.79. The summed E-state index contributed by atoms with van der Waals surface area (Å²) in [5.74, 6) is 0. The average molecular weight is 337 g/mol. The molecule has 23 heavy (non-hydrogen) atoms. The van der Waals surface area contributed by atoms with Gasteiger partial charge in [-0.15, -0.1) is 0 Å². The van der Waals surface area contributed by atoms with Crippen LogP contribution < -0.4 is 5.56 Å². The minimum Gasteiger partial charge on any atom is -0.297 e. The molecule has 0 atom stereocenters. The standard InChI is InChI=1S/C14H19N5O3S/c1-9-6-10(17-18(9)2)7-19-5-4-12-11(8-19)13(20)16-14(15-12)23(3,21)22/h6H,4-5,7-8H2,1-3H3,(H,15,16,20). The Balaban J connectivity index is 1.85. The van der Waals surface area contributed by atoms with E-state index in [1.54, 1.807) is 0 Å². The molecule has 124 valence electrons. The highest BCUT2D eigenvalue weighted by molar-refractivity contribution is 7.90. The Morgan fingerprint density at radius 2 is 2.13 bits per heavy atom. The van der Waals surface area contributed by atoms with Crippen LogP contribution in [0.25, 0.3) is 0 Å². The summed E-state index contributed by atoms with van der Waals surface area (Å²) < 4.78 is 24.9. The number of aromatic nitrogens is 4. The van der Waals surface area contributed by atoms with Crippen LogP contribution in [0.5, 0.6) is 0 Å². The van der Waals surface area contributed by atoms with Gasteiger partial charge in [0.2, 0.25) is 15.0 Å². The van der Waals surface area contributed by atoms with Crippen molar-refractivity contribution in [1.82, 2.24) is 24.6 Å². The molecule has 8 nitrogen and oxygen atoms in total. The fraction of sp³-hybridized carbons (Fsp3) is 0.500. The van der Waals surface area contributed by atoms with Crippen LogP contribution in [0.15, 0.2) is 16.0 Å². The molecule has 0 aromatic carbocycles. The molecule has 0 spiro atoms. The zero-order valence-corrected chi connectivity index (χ0v) is 14.1. The Bertz CT molecular complexity index is 893. The number of aryl methyl sites for hydroxylation is 2. The van der Waals surface area contributed by atoms with Gasteiger partial charge in [-0.1, -0.05) is 0 Å². The quantitative estimate of drug-likeness (QED) is 0.777. The lowest BCUT2D eigenvalue weighted by Gasteiger charge is -2.26. The maximum Gasteiger partial charge on any atom is 0.256 e. The minimum atomic E-state index is -3.52. The van der Waals surface area contributed by atoms with Crippen molar-refractivity contribution in [2.24, 2.45) is 7.05 Å². The van der Waals surface area contributed by atoms with Gasteiger partial charge in [0.25, 0.3) is 5.56 Å². The number of nitrogens with zero attached hydrogens (tertiary/aromatic N) is 4. The number of sulfone groups is 1. The molecule has 1 aliphatic rings. The van der Waals surface area contributed by atoms with Crippen molar-refractivity contribution in [3.8, 4) is 0 Å². The first-order valence-corrected chi connectivity index (χ1v) is 9.17. The summed E-state index contributed by atoms with van der Waals surface area (Å²) in [4.78, 5) is 20.8. The van der Waals surface area contributed by atoms with E-state index in [2.05, 4.69) is 20.0 Å². The van der Waals surface area contributed by atoms with Gasteiger partial charge in [0.1, 0.15) is 0 Å². The molecule has 0 bridgehead atoms. The number of aromatic amines is 1. The molecule has 2 aromatic heterocycles. The zero-order chi connectivity index (χ0) is 16.8. The molecule has 0 amide bonds. The number of H-pyrrole nitrogens is 1. The van der Waals surface area contributed by atoms with Crippen molar-refractivity contribution in [2.45, 2.75) is 31.6 Å². The van der Waals surface area contributed by atoms with Gasteiger partial charge in [-0.25, -0.2) is 13.4 Å². The molecule has 3 rings (SSSR count). The Labute approximate surface area is 134 Å². The van der Waals surface area contributed by atoms with Crippen molar-refractivity contribution in [3.05, 3.63) is 39.1 Å². The van der Waals surface area contributed by atoms with E-state index in [4.69, 9.17) is 0 Å². The number of hydrogen-bond donors (Lipinski definition) is 1. The molecule has 0 saturated heterocycles. The number of nitrogens with one attached hydrogen (secondary N) is 1. The van der Waals surface area contributed by atoms with E-state index in [9.17, 15) is 13.2 Å². The van der Waals surface area contributed by atoms with Crippen molar-refractivity contribution in [1.29, 1.82) is 0 Å². The lowest BCUT2D eigenvalue weighted by molar-refractivity contribution is 0.237. The Hall–Kier alpha value is -2.00. The van der Waals surface area contributed by atoms with Crippen LogP contribution in [-0.2, 0) is 36.4 Å². The van der Waals surface area contributed by atoms with Gasteiger partial charge in [0, 0.05) is 45.1 Å². The van der Waals surface area contributed by atoms with Crippen LogP contribution in [0.2, 0.25) is 0 Å². The highest BCUT2D eigenvalue weighted by Gasteiger charge is 2.24. The van der Waals surface area contributed by atoms with Gasteiger partial charge in [0.15, 0.2) is 0 Å². The first kappa shape index (κ1) is 15.9. The Kier molecular flexibility index (Phi) is 3.85. The van der Waals surface area contributed by atoms with Gasteiger partial charge < -0.3 is 0 Å². The van der Waals surface area contributed by atoms with Crippen LogP contribution in [-0.4, -0.2) is 45.9 Å². The Morgan fingerprint density at radius 3 is 2.74 bits per heavy atom. The summed E-state index contributed by atoms with van der Waals surface area (Å²) in [5, 5.41) is 4.17. The van der Waals surface area contributed by atoms with Gasteiger partial charge >= 0.3 is 0 Å². The molecule has 3 heterocycles. The molecular weight excluding hydrogens is 318 g/mol. The first-order valence-electron chi connectivity index (χ1n) is 7.28. The molecule has 0 radical (unpaired) electrons. The summed E-state index contributed by atoms with van der Waals surface area (Å²) in [5.41, 5.74) is 2.76. The zero-order valence-electron chi connectivity index (χ0n) is 13.3. The number of rotatable bonds is 3. The monoisotopic (exact) mass is 337 g/mol. The molecule has 0 fully saturated rings. The molecule has 1 N–H and O–H groups in total. The third-order valence-electron chi connectivity index (χ3n) is 4.03. The summed E-state index contributed by atoms with van der Waals surface area (Å²) in [6, 6.07) is 2.02. The minimum absolute atomic E-state index is 0.255. The largest absolute Gasteiger partial charge is 0.297 e. The highest BCUT2D eigenvalue weighted by atomic mass is 32.2. The van der Waals surface area contributed by atoms with Crippen LogP contribution >= 0.6 is 0 Å². The first-order chi connectivity index (χ1) is 10.7. The normalized spacial score (nSPS) is 15.6. The summed E-state index contributed by atoms with van der Waals surface area (Å²) >= 11 is 0. The van der Waals surface area contributed by atoms with Crippen molar-refractivity contribution >= 4 is 9.84 Å². The van der Waals surface area contributed by atoms with E-state index < -0.39 is 9.84 Å². The summed E-state index contributed by atoms with van der Waals surface area (Å²) in [7, 11) is -1.62. The maximum absolute atomic E-state index is 12.2. The van der Waals surface area contributed by atoms with Crippen LogP contribution in [0.3, 0.4) is 0 Å². The molecule has 9 heteroatoms. The van der Waals surface area contributed by atoms with Crippen molar-refractivity contribution < 1.29 is 8.42 Å². The second-order valence-corrected chi connectivity index (χ2v) is 7.86. The van der Waals surface area contributed by atoms with Crippen molar-refractivity contribution in [3.63, 3.8) is 0 Å². The lowest BCUT2D eigenvalue weighted by atomic mass is 10.1. The third-order valence-corrected chi connectivity index (χ3v) is 4.92. The molecule has 2 aromatic rings. The van der Waals surface area contributed by atoms with E-state index >= 15 is 0 Å². The van der Waals surface area contributed by atoms with E-state index in [-0.39, 0.29) is 10.7 Å². The predicted molar refractivity (Wildman–Crippen MR) is 83.7 cm³/mol. The lowest BCUT2D eigenvalue weighted by Crippen LogP contribution is -2.36. The summed E-state index contributed by atoms with van der Waals surface area (Å²) in [6.07, 6.45) is 1.59. The molecule has 0 saturated carbocycles. The fourth-order valence-corrected chi connectivity index (χ4v) is 3.26. The topological polar surface area (TPSA) is 101 Å². The average Bonchev–Trinajstić information content (AvgIpc) is 2.76. The SMILES string of the molecule is Cc1cc(CN2CCc3nc(S(C)(=O)=O)[nH]c(=O)c3C2)nn1C. The van der Waals surface area contributed by atoms with Crippen LogP contribution in [0, 0.1) is 6.92 Å². The van der Waals surface area contributed by atoms with Crippen LogP contribution in [0.1, 0.15) is 22.6 Å². The van der Waals surface area contributed by atoms with Gasteiger partial charge in [-0.05, 0) is 13.0 Å². The van der Waals surface area contributed by atoms with E-state index in [0.29, 0.717) is 37.3 Å². The fourth-order valence-electron chi connectivity index (χ4n) is 2.71. The van der Waals surface area contributed by atoms with Gasteiger partial charge in [-0.3, -0.25) is 19.4 Å². The second kappa shape index (κ2) is 5.57.